The van der Waals surface area contributed by atoms with Crippen molar-refractivity contribution in [1.29, 1.82) is 0 Å². The lowest BCUT2D eigenvalue weighted by Crippen LogP contribution is -2.39. The minimum absolute atomic E-state index is 0.0639. The molecule has 0 aliphatic heterocycles. The fourth-order valence-corrected chi connectivity index (χ4v) is 3.81. The van der Waals surface area contributed by atoms with Gasteiger partial charge in [0, 0.05) is 13.2 Å². The molecule has 0 aromatic rings. The molecule has 6 heteroatoms. The smallest absolute Gasteiger partial charge is 0.335 e. The molecule has 0 bridgehead atoms. The maximum absolute atomic E-state index is 10.8. The fourth-order valence-electron chi connectivity index (χ4n) is 1.43. The summed E-state index contributed by atoms with van der Waals surface area (Å²) in [5, 5.41) is 0. The van der Waals surface area contributed by atoms with E-state index >= 15 is 0 Å². The zero-order valence-electron chi connectivity index (χ0n) is 10.5. The number of esters is 1. The Balaban J connectivity index is 3.79. The molecule has 0 amide bonds. The van der Waals surface area contributed by atoms with E-state index in [-0.39, 0.29) is 12.5 Å². The molecule has 5 nitrogen and oxygen atoms in total. The number of rotatable bonds is 9. The van der Waals surface area contributed by atoms with Crippen molar-refractivity contribution in [3.8, 4) is 0 Å². The first-order valence-electron chi connectivity index (χ1n) is 5.71. The van der Waals surface area contributed by atoms with Crippen LogP contribution in [0.4, 0.5) is 0 Å². The molecular formula is C10H23NO4Si. The van der Waals surface area contributed by atoms with Gasteiger partial charge in [-0.1, -0.05) is 0 Å². The second-order valence-corrected chi connectivity index (χ2v) is 6.87. The molecule has 0 aromatic carbocycles. The van der Waals surface area contributed by atoms with Crippen molar-refractivity contribution in [3.05, 3.63) is 0 Å². The second kappa shape index (κ2) is 8.69. The van der Waals surface area contributed by atoms with Crippen LogP contribution >= 0.6 is 0 Å². The Morgan fingerprint density at radius 1 is 1.25 bits per heavy atom. The van der Waals surface area contributed by atoms with Gasteiger partial charge in [-0.05, 0) is 32.9 Å². The van der Waals surface area contributed by atoms with Gasteiger partial charge in [-0.3, -0.25) is 4.79 Å². The van der Waals surface area contributed by atoms with E-state index in [0.717, 1.165) is 12.5 Å². The number of carbonyl (C=O) groups is 1. The third-order valence-corrected chi connectivity index (χ3v) is 5.16. The molecule has 0 aromatic heterocycles. The highest BCUT2D eigenvalue weighted by molar-refractivity contribution is 6.66. The summed E-state index contributed by atoms with van der Waals surface area (Å²) in [4.78, 5) is 10.8. The molecule has 0 rings (SSSR count). The van der Waals surface area contributed by atoms with Gasteiger partial charge in [-0.2, -0.15) is 0 Å². The molecule has 0 saturated carbocycles. The van der Waals surface area contributed by atoms with Gasteiger partial charge < -0.3 is 19.3 Å². The van der Waals surface area contributed by atoms with Crippen molar-refractivity contribution in [3.63, 3.8) is 0 Å². The molecule has 0 fully saturated rings. The van der Waals surface area contributed by atoms with Crippen molar-refractivity contribution in [2.45, 2.75) is 32.9 Å². The molecule has 0 unspecified atom stereocenters. The summed E-state index contributed by atoms with van der Waals surface area (Å²) in [5.74, 6) is -0.365. The molecule has 96 valence electrons. The second-order valence-electron chi connectivity index (χ2n) is 3.53. The Labute approximate surface area is 98.5 Å². The molecule has 0 atom stereocenters. The molecular weight excluding hydrogens is 226 g/mol. The van der Waals surface area contributed by atoms with Crippen LogP contribution in [0.2, 0.25) is 12.6 Å². The maximum Gasteiger partial charge on any atom is 0.335 e. The summed E-state index contributed by atoms with van der Waals surface area (Å²) in [6.45, 7) is 7.59. The molecule has 2 N–H and O–H groups in total. The number of ether oxygens (including phenoxy) is 1. The maximum atomic E-state index is 10.8. The lowest BCUT2D eigenvalue weighted by Gasteiger charge is -2.25. The highest BCUT2D eigenvalue weighted by Crippen LogP contribution is 2.15. The standard InChI is InChI=1S/C10H23NO4Si/c1-4-14-16(3,15-5-2)8-6-7-13-10(12)9-11/h4-9,11H2,1-3H3. The Morgan fingerprint density at radius 3 is 2.25 bits per heavy atom. The van der Waals surface area contributed by atoms with Crippen molar-refractivity contribution in [2.24, 2.45) is 5.73 Å². The van der Waals surface area contributed by atoms with Crippen LogP contribution in [0.3, 0.4) is 0 Å². The van der Waals surface area contributed by atoms with Gasteiger partial charge in [-0.15, -0.1) is 0 Å². The fraction of sp³-hybridized carbons (Fsp3) is 0.900. The Bertz CT molecular complexity index is 195. The van der Waals surface area contributed by atoms with Crippen LogP contribution in [-0.4, -0.2) is 40.9 Å². The van der Waals surface area contributed by atoms with Crippen LogP contribution in [0, 0.1) is 0 Å². The first kappa shape index (κ1) is 15.6. The van der Waals surface area contributed by atoms with E-state index in [1.165, 1.54) is 0 Å². The number of hydrogen-bond acceptors (Lipinski definition) is 5. The quantitative estimate of drug-likeness (QED) is 0.375. The first-order chi connectivity index (χ1) is 7.58. The lowest BCUT2D eigenvalue weighted by atomic mass is 10.5. The summed E-state index contributed by atoms with van der Waals surface area (Å²) in [5.41, 5.74) is 5.12. The van der Waals surface area contributed by atoms with Crippen molar-refractivity contribution in [2.75, 3.05) is 26.4 Å². The molecule has 0 saturated heterocycles. The van der Waals surface area contributed by atoms with Gasteiger partial charge in [0.2, 0.25) is 0 Å². The highest BCUT2D eigenvalue weighted by Gasteiger charge is 2.29. The summed E-state index contributed by atoms with van der Waals surface area (Å²) < 4.78 is 16.2. The SMILES string of the molecule is CCO[Si](C)(CCCOC(=O)CN)OCC. The van der Waals surface area contributed by atoms with Gasteiger partial charge in [0.05, 0.1) is 13.2 Å². The van der Waals surface area contributed by atoms with E-state index in [1.54, 1.807) is 0 Å². The summed E-state index contributed by atoms with van der Waals surface area (Å²) in [6.07, 6.45) is 0.758. The van der Waals surface area contributed by atoms with Crippen LogP contribution in [-0.2, 0) is 18.4 Å². The Kier molecular flexibility index (Phi) is 8.45. The lowest BCUT2D eigenvalue weighted by molar-refractivity contribution is -0.141. The van der Waals surface area contributed by atoms with Crippen LogP contribution in [0.15, 0.2) is 0 Å². The van der Waals surface area contributed by atoms with E-state index in [4.69, 9.17) is 19.3 Å². The predicted octanol–water partition coefficient (Wildman–Crippen LogP) is 1.02. The zero-order chi connectivity index (χ0) is 12.4. The molecule has 0 radical (unpaired) electrons. The van der Waals surface area contributed by atoms with E-state index in [9.17, 15) is 4.79 Å². The van der Waals surface area contributed by atoms with Gasteiger partial charge in [-0.25, -0.2) is 0 Å². The molecule has 0 aliphatic rings. The summed E-state index contributed by atoms with van der Waals surface area (Å²) in [7, 11) is -2.05. The van der Waals surface area contributed by atoms with Gasteiger partial charge in [0.1, 0.15) is 0 Å². The van der Waals surface area contributed by atoms with E-state index in [2.05, 4.69) is 0 Å². The van der Waals surface area contributed by atoms with Crippen LogP contribution < -0.4 is 5.73 Å². The van der Waals surface area contributed by atoms with Crippen molar-refractivity contribution < 1.29 is 18.4 Å². The minimum atomic E-state index is -2.05. The Hall–Kier alpha value is -0.433. The number of carbonyl (C=O) groups excluding carboxylic acids is 1. The van der Waals surface area contributed by atoms with Crippen molar-refractivity contribution >= 4 is 14.5 Å². The van der Waals surface area contributed by atoms with E-state index in [0.29, 0.717) is 19.8 Å². The van der Waals surface area contributed by atoms with Crippen molar-refractivity contribution in [1.82, 2.24) is 0 Å². The predicted molar refractivity (Wildman–Crippen MR) is 64.3 cm³/mol. The van der Waals surface area contributed by atoms with E-state index in [1.807, 2.05) is 20.4 Å². The Morgan fingerprint density at radius 2 is 1.81 bits per heavy atom. The normalized spacial score (nSPS) is 11.5. The van der Waals surface area contributed by atoms with Crippen LogP contribution in [0.5, 0.6) is 0 Å². The third-order valence-electron chi connectivity index (χ3n) is 2.10. The largest absolute Gasteiger partial charge is 0.465 e. The van der Waals surface area contributed by atoms with Gasteiger partial charge >= 0.3 is 14.5 Å². The highest BCUT2D eigenvalue weighted by atomic mass is 28.4. The molecule has 16 heavy (non-hydrogen) atoms. The van der Waals surface area contributed by atoms with Gasteiger partial charge in [0.25, 0.3) is 0 Å². The van der Waals surface area contributed by atoms with E-state index < -0.39 is 8.56 Å². The average molecular weight is 249 g/mol. The third kappa shape index (κ3) is 6.94. The summed E-state index contributed by atoms with van der Waals surface area (Å²) in [6, 6.07) is 0.826. The first-order valence-corrected chi connectivity index (χ1v) is 8.24. The van der Waals surface area contributed by atoms with Gasteiger partial charge in [0.15, 0.2) is 0 Å². The number of hydrogen-bond donors (Lipinski definition) is 1. The monoisotopic (exact) mass is 249 g/mol. The zero-order valence-corrected chi connectivity index (χ0v) is 11.5. The average Bonchev–Trinajstić information content (AvgIpc) is 2.25. The number of nitrogens with two attached hydrogens (primary N) is 1. The minimum Gasteiger partial charge on any atom is -0.465 e. The topological polar surface area (TPSA) is 70.8 Å². The van der Waals surface area contributed by atoms with Crippen LogP contribution in [0.25, 0.3) is 0 Å². The molecule has 0 aliphatic carbocycles. The van der Waals surface area contributed by atoms with Crippen LogP contribution in [0.1, 0.15) is 20.3 Å². The molecule has 0 heterocycles. The summed E-state index contributed by atoms with van der Waals surface area (Å²) >= 11 is 0. The molecule has 0 spiro atoms.